The number of hydrogen-bond acceptors (Lipinski definition) is 3. The molecule has 22 heavy (non-hydrogen) atoms. The van der Waals surface area contributed by atoms with Gasteiger partial charge < -0.3 is 5.32 Å². The third kappa shape index (κ3) is 3.55. The first-order valence-electron chi connectivity index (χ1n) is 7.74. The Kier molecular flexibility index (Phi) is 5.00. The van der Waals surface area contributed by atoms with Crippen molar-refractivity contribution in [1.29, 1.82) is 0 Å². The maximum Gasteiger partial charge on any atom is 0.270 e. The van der Waals surface area contributed by atoms with Gasteiger partial charge in [0.2, 0.25) is 0 Å². The smallest absolute Gasteiger partial charge is 0.270 e. The quantitative estimate of drug-likeness (QED) is 0.890. The molecule has 2 heterocycles. The van der Waals surface area contributed by atoms with Gasteiger partial charge in [0, 0.05) is 20.3 Å². The van der Waals surface area contributed by atoms with Crippen LogP contribution in [0.3, 0.4) is 0 Å². The van der Waals surface area contributed by atoms with E-state index >= 15 is 0 Å². The van der Waals surface area contributed by atoms with E-state index in [0.29, 0.717) is 11.6 Å². The highest BCUT2D eigenvalue weighted by Gasteiger charge is 2.19. The van der Waals surface area contributed by atoms with Crippen LogP contribution in [-0.2, 0) is 20.5 Å². The van der Waals surface area contributed by atoms with Crippen LogP contribution in [0.2, 0.25) is 0 Å². The van der Waals surface area contributed by atoms with Crippen LogP contribution in [0.15, 0.2) is 18.3 Å². The molecular weight excluding hydrogens is 278 g/mol. The van der Waals surface area contributed by atoms with E-state index in [-0.39, 0.29) is 11.9 Å². The third-order valence-electron chi connectivity index (χ3n) is 3.71. The molecule has 0 spiro atoms. The number of nitrogens with zero attached hydrogens (tertiary/aromatic N) is 4. The van der Waals surface area contributed by atoms with Crippen molar-refractivity contribution < 1.29 is 4.79 Å². The molecule has 1 N–H and O–H groups in total. The molecule has 120 valence electrons. The number of rotatable bonds is 6. The van der Waals surface area contributed by atoms with E-state index in [1.807, 2.05) is 33.2 Å². The lowest BCUT2D eigenvalue weighted by molar-refractivity contribution is 0.0924. The second kappa shape index (κ2) is 6.77. The Morgan fingerprint density at radius 2 is 2.05 bits per heavy atom. The predicted octanol–water partition coefficient (Wildman–Crippen LogP) is 2.23. The molecule has 0 aliphatic carbocycles. The fourth-order valence-corrected chi connectivity index (χ4v) is 2.60. The van der Waals surface area contributed by atoms with E-state index in [4.69, 9.17) is 0 Å². The average Bonchev–Trinajstić information content (AvgIpc) is 3.01. The Bertz CT molecular complexity index is 641. The first-order valence-corrected chi connectivity index (χ1v) is 7.74. The molecule has 6 heteroatoms. The second-order valence-corrected chi connectivity index (χ2v) is 6.06. The summed E-state index contributed by atoms with van der Waals surface area (Å²) >= 11 is 0. The summed E-state index contributed by atoms with van der Waals surface area (Å²) in [7, 11) is 3.69. The first-order chi connectivity index (χ1) is 10.4. The molecule has 0 fully saturated rings. The molecule has 0 radical (unpaired) electrons. The molecule has 1 atom stereocenters. The van der Waals surface area contributed by atoms with Gasteiger partial charge in [0.15, 0.2) is 0 Å². The number of carbonyl (C=O) groups excluding carboxylic acids is 1. The lowest BCUT2D eigenvalue weighted by Gasteiger charge is -2.17. The largest absolute Gasteiger partial charge is 0.342 e. The van der Waals surface area contributed by atoms with Crippen molar-refractivity contribution in [2.24, 2.45) is 20.0 Å². The van der Waals surface area contributed by atoms with E-state index < -0.39 is 0 Å². The van der Waals surface area contributed by atoms with Gasteiger partial charge in [0.1, 0.15) is 5.69 Å². The predicted molar refractivity (Wildman–Crippen MR) is 85.5 cm³/mol. The van der Waals surface area contributed by atoms with Gasteiger partial charge in [-0.25, -0.2) is 0 Å². The van der Waals surface area contributed by atoms with Crippen LogP contribution < -0.4 is 5.32 Å². The number of aromatic nitrogens is 4. The van der Waals surface area contributed by atoms with Crippen molar-refractivity contribution in [1.82, 2.24) is 24.9 Å². The van der Waals surface area contributed by atoms with Gasteiger partial charge >= 0.3 is 0 Å². The number of carbonyl (C=O) groups is 1. The molecule has 0 saturated carbocycles. The molecule has 0 aromatic carbocycles. The van der Waals surface area contributed by atoms with E-state index in [0.717, 1.165) is 24.2 Å². The minimum absolute atomic E-state index is 0.0524. The monoisotopic (exact) mass is 303 g/mol. The van der Waals surface area contributed by atoms with Gasteiger partial charge in [0.25, 0.3) is 5.91 Å². The molecule has 2 rings (SSSR count). The number of nitrogens with one attached hydrogen (secondary N) is 1. The fourth-order valence-electron chi connectivity index (χ4n) is 2.60. The van der Waals surface area contributed by atoms with Crippen molar-refractivity contribution >= 4 is 5.91 Å². The van der Waals surface area contributed by atoms with Gasteiger partial charge in [-0.05, 0) is 30.9 Å². The molecule has 0 unspecified atom stereocenters. The van der Waals surface area contributed by atoms with Gasteiger partial charge in [-0.3, -0.25) is 14.2 Å². The summed E-state index contributed by atoms with van der Waals surface area (Å²) in [4.78, 5) is 12.5. The van der Waals surface area contributed by atoms with Crippen LogP contribution in [-0.4, -0.2) is 25.5 Å². The minimum atomic E-state index is -0.0990. The highest BCUT2D eigenvalue weighted by atomic mass is 16.2. The zero-order valence-corrected chi connectivity index (χ0v) is 14.0. The fraction of sp³-hybridized carbons (Fsp3) is 0.562. The molecule has 0 aliphatic rings. The van der Waals surface area contributed by atoms with E-state index in [9.17, 15) is 4.79 Å². The lowest BCUT2D eigenvalue weighted by Crippen LogP contribution is -2.30. The van der Waals surface area contributed by atoms with Gasteiger partial charge in [-0.15, -0.1) is 0 Å². The van der Waals surface area contributed by atoms with Gasteiger partial charge in [-0.2, -0.15) is 10.2 Å². The molecule has 0 saturated heterocycles. The zero-order valence-electron chi connectivity index (χ0n) is 14.0. The van der Waals surface area contributed by atoms with Crippen molar-refractivity contribution in [3.05, 3.63) is 35.4 Å². The zero-order chi connectivity index (χ0) is 16.3. The molecule has 2 aromatic heterocycles. The van der Waals surface area contributed by atoms with Crippen LogP contribution in [0.25, 0.3) is 0 Å². The lowest BCUT2D eigenvalue weighted by atomic mass is 10.1. The Hall–Kier alpha value is -2.11. The average molecular weight is 303 g/mol. The first kappa shape index (κ1) is 16.3. The molecule has 0 aliphatic heterocycles. The summed E-state index contributed by atoms with van der Waals surface area (Å²) in [6, 6.07) is 3.76. The highest BCUT2D eigenvalue weighted by Crippen LogP contribution is 2.16. The second-order valence-electron chi connectivity index (χ2n) is 6.06. The molecule has 0 bridgehead atoms. The molecule has 2 aromatic rings. The van der Waals surface area contributed by atoms with Crippen molar-refractivity contribution in [2.75, 3.05) is 0 Å². The van der Waals surface area contributed by atoms with E-state index in [1.165, 1.54) is 0 Å². The third-order valence-corrected chi connectivity index (χ3v) is 3.71. The summed E-state index contributed by atoms with van der Waals surface area (Å²) in [5.41, 5.74) is 2.55. The normalized spacial score (nSPS) is 12.6. The van der Waals surface area contributed by atoms with E-state index in [2.05, 4.69) is 29.4 Å². The Morgan fingerprint density at radius 3 is 2.59 bits per heavy atom. The van der Waals surface area contributed by atoms with Crippen LogP contribution >= 0.6 is 0 Å². The van der Waals surface area contributed by atoms with Gasteiger partial charge in [0.05, 0.1) is 17.4 Å². The van der Waals surface area contributed by atoms with Crippen LogP contribution in [0.1, 0.15) is 55.1 Å². The van der Waals surface area contributed by atoms with Gasteiger partial charge in [-0.1, -0.05) is 20.8 Å². The molecular formula is C16H25N5O. The SMILES string of the molecule is CC[C@@H](NC(=O)c1cc(CC(C)C)nn1C)c1ccnn1C. The van der Waals surface area contributed by atoms with Crippen LogP contribution in [0.5, 0.6) is 0 Å². The number of amides is 1. The summed E-state index contributed by atoms with van der Waals surface area (Å²) in [6.07, 6.45) is 3.43. The Labute approximate surface area is 131 Å². The summed E-state index contributed by atoms with van der Waals surface area (Å²) in [5, 5.41) is 11.7. The topological polar surface area (TPSA) is 64.7 Å². The van der Waals surface area contributed by atoms with Crippen molar-refractivity contribution in [3.8, 4) is 0 Å². The molecule has 6 nitrogen and oxygen atoms in total. The Balaban J connectivity index is 2.14. The maximum atomic E-state index is 12.5. The standard InChI is InChI=1S/C16H25N5O/c1-6-13(14-7-8-17-20(14)4)18-16(22)15-10-12(9-11(2)3)19-21(15)5/h7-8,10-11,13H,6,9H2,1-5H3,(H,18,22)/t13-/m1/s1. The number of hydrogen-bond donors (Lipinski definition) is 1. The highest BCUT2D eigenvalue weighted by molar-refractivity contribution is 5.92. The van der Waals surface area contributed by atoms with Crippen molar-refractivity contribution in [2.45, 2.75) is 39.7 Å². The van der Waals surface area contributed by atoms with E-state index in [1.54, 1.807) is 15.6 Å². The van der Waals surface area contributed by atoms with Crippen LogP contribution in [0.4, 0.5) is 0 Å². The number of aryl methyl sites for hydroxylation is 2. The maximum absolute atomic E-state index is 12.5. The molecule has 1 amide bonds. The minimum Gasteiger partial charge on any atom is -0.342 e. The van der Waals surface area contributed by atoms with Crippen molar-refractivity contribution in [3.63, 3.8) is 0 Å². The summed E-state index contributed by atoms with van der Waals surface area (Å²) < 4.78 is 3.45. The Morgan fingerprint density at radius 1 is 1.32 bits per heavy atom. The summed E-state index contributed by atoms with van der Waals surface area (Å²) in [5.74, 6) is 0.418. The van der Waals surface area contributed by atoms with Crippen LogP contribution in [0, 0.1) is 5.92 Å². The summed E-state index contributed by atoms with van der Waals surface area (Å²) in [6.45, 7) is 6.33.